The molecule has 1 aromatic carbocycles. The van der Waals surface area contributed by atoms with E-state index in [-0.39, 0.29) is 5.82 Å². The number of likely N-dealkylation sites (N-methyl/N-ethyl adjacent to an activating group) is 1. The van der Waals surface area contributed by atoms with Gasteiger partial charge in [0, 0.05) is 11.8 Å². The molecule has 0 aliphatic carbocycles. The van der Waals surface area contributed by atoms with Gasteiger partial charge in [0.2, 0.25) is 0 Å². The molecule has 0 aromatic heterocycles. The highest BCUT2D eigenvalue weighted by Crippen LogP contribution is 2.10. The van der Waals surface area contributed by atoms with E-state index < -0.39 is 0 Å². The monoisotopic (exact) mass is 227 g/mol. The minimum Gasteiger partial charge on any atom is -0.316 e. The van der Waals surface area contributed by atoms with Crippen LogP contribution in [0.2, 0.25) is 0 Å². The van der Waals surface area contributed by atoms with Crippen LogP contribution in [-0.4, -0.2) is 24.6 Å². The molecule has 1 rings (SSSR count). The van der Waals surface area contributed by atoms with Crippen LogP contribution in [0.5, 0.6) is 0 Å². The fourth-order valence-electron chi connectivity index (χ4n) is 1.45. The van der Waals surface area contributed by atoms with Gasteiger partial charge in [0.15, 0.2) is 0 Å². The van der Waals surface area contributed by atoms with Crippen LogP contribution in [0.25, 0.3) is 0 Å². The van der Waals surface area contributed by atoms with Crippen molar-refractivity contribution >= 4 is 11.8 Å². The first kappa shape index (κ1) is 12.5. The number of halogens is 1. The standard InChI is InChI=1S/C12H18FNS/c1-3-15-9-12(14-2)8-10-5-4-6-11(13)7-10/h4-7,12,14H,3,8-9H2,1-2H3. The zero-order valence-electron chi connectivity index (χ0n) is 9.29. The SMILES string of the molecule is CCSCC(Cc1cccc(F)c1)NC. The first-order valence-electron chi connectivity index (χ1n) is 5.25. The molecule has 1 unspecified atom stereocenters. The molecule has 0 saturated carbocycles. The Hall–Kier alpha value is -0.540. The van der Waals surface area contributed by atoms with Gasteiger partial charge in [0.1, 0.15) is 5.82 Å². The number of rotatable bonds is 6. The second kappa shape index (κ2) is 6.85. The van der Waals surface area contributed by atoms with E-state index in [0.29, 0.717) is 6.04 Å². The Kier molecular flexibility index (Phi) is 5.73. The van der Waals surface area contributed by atoms with Gasteiger partial charge in [0.05, 0.1) is 0 Å². The van der Waals surface area contributed by atoms with Crippen LogP contribution in [0.3, 0.4) is 0 Å². The summed E-state index contributed by atoms with van der Waals surface area (Å²) in [6.45, 7) is 2.15. The highest BCUT2D eigenvalue weighted by Gasteiger charge is 2.07. The number of thioether (sulfide) groups is 1. The number of benzene rings is 1. The molecule has 1 nitrogen and oxygen atoms in total. The zero-order valence-corrected chi connectivity index (χ0v) is 10.1. The van der Waals surface area contributed by atoms with E-state index in [1.54, 1.807) is 12.1 Å². The van der Waals surface area contributed by atoms with Crippen molar-refractivity contribution in [1.29, 1.82) is 0 Å². The maximum absolute atomic E-state index is 12.9. The molecule has 84 valence electrons. The fraction of sp³-hybridized carbons (Fsp3) is 0.500. The van der Waals surface area contributed by atoms with Crippen molar-refractivity contribution in [3.05, 3.63) is 35.6 Å². The van der Waals surface area contributed by atoms with Crippen LogP contribution >= 0.6 is 11.8 Å². The normalized spacial score (nSPS) is 12.7. The molecule has 0 heterocycles. The van der Waals surface area contributed by atoms with Crippen molar-refractivity contribution in [3.63, 3.8) is 0 Å². The van der Waals surface area contributed by atoms with Crippen molar-refractivity contribution in [3.8, 4) is 0 Å². The van der Waals surface area contributed by atoms with Crippen LogP contribution in [0, 0.1) is 5.82 Å². The molecule has 0 fully saturated rings. The minimum atomic E-state index is -0.148. The van der Waals surface area contributed by atoms with E-state index in [1.807, 2.05) is 24.9 Å². The fourth-order valence-corrected chi connectivity index (χ4v) is 2.26. The summed E-state index contributed by atoms with van der Waals surface area (Å²) in [4.78, 5) is 0. The predicted octanol–water partition coefficient (Wildman–Crippen LogP) is 2.71. The average molecular weight is 227 g/mol. The second-order valence-electron chi connectivity index (χ2n) is 3.48. The highest BCUT2D eigenvalue weighted by molar-refractivity contribution is 7.99. The lowest BCUT2D eigenvalue weighted by Gasteiger charge is -2.15. The highest BCUT2D eigenvalue weighted by atomic mass is 32.2. The van der Waals surface area contributed by atoms with Gasteiger partial charge in [-0.05, 0) is 36.9 Å². The maximum atomic E-state index is 12.9. The lowest BCUT2D eigenvalue weighted by Crippen LogP contribution is -2.30. The Morgan fingerprint density at radius 2 is 2.27 bits per heavy atom. The van der Waals surface area contributed by atoms with Gasteiger partial charge in [0.25, 0.3) is 0 Å². The molecule has 0 aliphatic heterocycles. The molecule has 0 radical (unpaired) electrons. The number of hydrogen-bond donors (Lipinski definition) is 1. The topological polar surface area (TPSA) is 12.0 Å². The van der Waals surface area contributed by atoms with Crippen molar-refractivity contribution in [1.82, 2.24) is 5.32 Å². The second-order valence-corrected chi connectivity index (χ2v) is 4.80. The summed E-state index contributed by atoms with van der Waals surface area (Å²) in [7, 11) is 1.96. The van der Waals surface area contributed by atoms with E-state index >= 15 is 0 Å². The summed E-state index contributed by atoms with van der Waals surface area (Å²) in [6.07, 6.45) is 0.890. The molecule has 0 aliphatic rings. The van der Waals surface area contributed by atoms with Gasteiger partial charge < -0.3 is 5.32 Å². The first-order valence-corrected chi connectivity index (χ1v) is 6.41. The Bertz CT molecular complexity index is 291. The summed E-state index contributed by atoms with van der Waals surface area (Å²) in [6, 6.07) is 7.27. The van der Waals surface area contributed by atoms with Crippen molar-refractivity contribution in [2.75, 3.05) is 18.6 Å². The van der Waals surface area contributed by atoms with Crippen LogP contribution < -0.4 is 5.32 Å². The molecule has 0 saturated heterocycles. The molecule has 1 atom stereocenters. The molecule has 15 heavy (non-hydrogen) atoms. The third-order valence-corrected chi connectivity index (χ3v) is 3.35. The first-order chi connectivity index (χ1) is 7.26. The van der Waals surface area contributed by atoms with E-state index in [4.69, 9.17) is 0 Å². The summed E-state index contributed by atoms with van der Waals surface area (Å²) in [5, 5.41) is 3.26. The summed E-state index contributed by atoms with van der Waals surface area (Å²) in [5.74, 6) is 2.05. The van der Waals surface area contributed by atoms with Crippen LogP contribution in [-0.2, 0) is 6.42 Å². The Morgan fingerprint density at radius 3 is 2.87 bits per heavy atom. The van der Waals surface area contributed by atoms with Crippen molar-refractivity contribution < 1.29 is 4.39 Å². The van der Waals surface area contributed by atoms with E-state index in [2.05, 4.69) is 12.2 Å². The zero-order chi connectivity index (χ0) is 11.1. The van der Waals surface area contributed by atoms with Crippen LogP contribution in [0.4, 0.5) is 4.39 Å². The lowest BCUT2D eigenvalue weighted by molar-refractivity contribution is 0.603. The smallest absolute Gasteiger partial charge is 0.123 e. The molecule has 1 aromatic rings. The molecule has 3 heteroatoms. The summed E-state index contributed by atoms with van der Waals surface area (Å²) in [5.41, 5.74) is 1.06. The Balaban J connectivity index is 2.50. The largest absolute Gasteiger partial charge is 0.316 e. The molecule has 0 amide bonds. The van der Waals surface area contributed by atoms with Crippen molar-refractivity contribution in [2.24, 2.45) is 0 Å². The molecule has 0 spiro atoms. The Labute approximate surface area is 95.5 Å². The molecule has 1 N–H and O–H groups in total. The number of nitrogens with one attached hydrogen (secondary N) is 1. The maximum Gasteiger partial charge on any atom is 0.123 e. The summed E-state index contributed by atoms with van der Waals surface area (Å²) >= 11 is 1.91. The summed E-state index contributed by atoms with van der Waals surface area (Å²) < 4.78 is 12.9. The van der Waals surface area contributed by atoms with E-state index in [1.165, 1.54) is 6.07 Å². The third-order valence-electron chi connectivity index (χ3n) is 2.30. The van der Waals surface area contributed by atoms with Crippen LogP contribution in [0.1, 0.15) is 12.5 Å². The van der Waals surface area contributed by atoms with Gasteiger partial charge in [-0.1, -0.05) is 19.1 Å². The number of hydrogen-bond acceptors (Lipinski definition) is 2. The minimum absolute atomic E-state index is 0.148. The van der Waals surface area contributed by atoms with E-state index in [0.717, 1.165) is 23.5 Å². The van der Waals surface area contributed by atoms with Gasteiger partial charge in [-0.3, -0.25) is 0 Å². The van der Waals surface area contributed by atoms with Crippen LogP contribution in [0.15, 0.2) is 24.3 Å². The molecular weight excluding hydrogens is 209 g/mol. The average Bonchev–Trinajstić information content (AvgIpc) is 2.24. The van der Waals surface area contributed by atoms with Crippen molar-refractivity contribution in [2.45, 2.75) is 19.4 Å². The quantitative estimate of drug-likeness (QED) is 0.802. The van der Waals surface area contributed by atoms with E-state index in [9.17, 15) is 4.39 Å². The van der Waals surface area contributed by atoms with Gasteiger partial charge in [-0.15, -0.1) is 0 Å². The lowest BCUT2D eigenvalue weighted by atomic mass is 10.1. The molecular formula is C12H18FNS. The third kappa shape index (κ3) is 4.67. The van der Waals surface area contributed by atoms with Gasteiger partial charge in [-0.2, -0.15) is 11.8 Å². The van der Waals surface area contributed by atoms with Gasteiger partial charge in [-0.25, -0.2) is 4.39 Å². The predicted molar refractivity (Wildman–Crippen MR) is 66.0 cm³/mol. The Morgan fingerprint density at radius 1 is 1.47 bits per heavy atom. The van der Waals surface area contributed by atoms with Gasteiger partial charge >= 0.3 is 0 Å². The molecule has 0 bridgehead atoms.